The minimum absolute atomic E-state index is 0.220. The lowest BCUT2D eigenvalue weighted by Gasteiger charge is -2.07. The minimum atomic E-state index is -0.220. The first-order valence-corrected chi connectivity index (χ1v) is 12.0. The predicted molar refractivity (Wildman–Crippen MR) is 128 cm³/mol. The molecule has 0 saturated carbocycles. The second kappa shape index (κ2) is 10.4. The van der Waals surface area contributed by atoms with Crippen LogP contribution >= 0.6 is 23.1 Å². The molecule has 0 radical (unpaired) electrons. The SMILES string of the molecule is CCCCOc1cccc(C(=O)Nc2nnc(SCc3cccc4ccccc34)s2)c1. The number of benzene rings is 3. The largest absolute Gasteiger partial charge is 0.494 e. The molecule has 0 aliphatic carbocycles. The highest BCUT2D eigenvalue weighted by Crippen LogP contribution is 2.31. The van der Waals surface area contributed by atoms with Crippen molar-refractivity contribution in [2.75, 3.05) is 11.9 Å². The van der Waals surface area contributed by atoms with E-state index < -0.39 is 0 Å². The number of amides is 1. The number of anilines is 1. The molecule has 0 spiro atoms. The number of thioether (sulfide) groups is 1. The molecule has 5 nitrogen and oxygen atoms in total. The summed E-state index contributed by atoms with van der Waals surface area (Å²) >= 11 is 3.00. The molecule has 1 N–H and O–H groups in total. The van der Waals surface area contributed by atoms with Crippen molar-refractivity contribution in [3.63, 3.8) is 0 Å². The van der Waals surface area contributed by atoms with Gasteiger partial charge >= 0.3 is 0 Å². The number of rotatable bonds is 9. The highest BCUT2D eigenvalue weighted by atomic mass is 32.2. The van der Waals surface area contributed by atoms with Crippen LogP contribution in [-0.4, -0.2) is 22.7 Å². The van der Waals surface area contributed by atoms with Crippen LogP contribution < -0.4 is 10.1 Å². The van der Waals surface area contributed by atoms with E-state index in [1.807, 2.05) is 18.2 Å². The van der Waals surface area contributed by atoms with Crippen molar-refractivity contribution < 1.29 is 9.53 Å². The molecule has 1 heterocycles. The molecule has 0 saturated heterocycles. The van der Waals surface area contributed by atoms with Crippen molar-refractivity contribution in [1.82, 2.24) is 10.2 Å². The Morgan fingerprint density at radius 2 is 1.90 bits per heavy atom. The number of ether oxygens (including phenoxy) is 1. The third-order valence-electron chi connectivity index (χ3n) is 4.72. The van der Waals surface area contributed by atoms with Crippen molar-refractivity contribution in [1.29, 1.82) is 0 Å². The molecule has 0 unspecified atom stereocenters. The summed E-state index contributed by atoms with van der Waals surface area (Å²) in [5.74, 6) is 1.27. The van der Waals surface area contributed by atoms with Gasteiger partial charge in [0.15, 0.2) is 4.34 Å². The lowest BCUT2D eigenvalue weighted by molar-refractivity contribution is 0.102. The number of carbonyl (C=O) groups excluding carboxylic acids is 1. The van der Waals surface area contributed by atoms with E-state index in [1.165, 1.54) is 27.7 Å². The summed E-state index contributed by atoms with van der Waals surface area (Å²) in [6.45, 7) is 2.76. The Labute approximate surface area is 189 Å². The van der Waals surface area contributed by atoms with E-state index in [0.29, 0.717) is 23.1 Å². The molecule has 3 aromatic carbocycles. The highest BCUT2D eigenvalue weighted by molar-refractivity contribution is 8.00. The van der Waals surface area contributed by atoms with Gasteiger partial charge in [0.2, 0.25) is 5.13 Å². The van der Waals surface area contributed by atoms with Crippen molar-refractivity contribution in [3.05, 3.63) is 77.9 Å². The maximum Gasteiger partial charge on any atom is 0.257 e. The quantitative estimate of drug-likeness (QED) is 0.182. The van der Waals surface area contributed by atoms with Gasteiger partial charge in [-0.1, -0.05) is 85.0 Å². The standard InChI is InChI=1S/C24H23N3O2S2/c1-2-3-14-29-20-12-7-10-18(15-20)22(28)25-23-26-27-24(31-23)30-16-19-11-6-9-17-8-4-5-13-21(17)19/h4-13,15H,2-3,14,16H2,1H3,(H,25,26,28). The van der Waals surface area contributed by atoms with Gasteiger partial charge in [0, 0.05) is 11.3 Å². The van der Waals surface area contributed by atoms with Crippen molar-refractivity contribution in [2.45, 2.75) is 29.9 Å². The molecule has 4 aromatic rings. The van der Waals surface area contributed by atoms with E-state index in [2.05, 4.69) is 58.8 Å². The number of nitrogens with zero attached hydrogens (tertiary/aromatic N) is 2. The molecule has 0 aliphatic heterocycles. The number of carbonyl (C=O) groups is 1. The maximum atomic E-state index is 12.6. The van der Waals surface area contributed by atoms with E-state index in [0.717, 1.165) is 22.9 Å². The zero-order valence-electron chi connectivity index (χ0n) is 17.2. The number of fused-ring (bicyclic) bond motifs is 1. The average molecular weight is 450 g/mol. The van der Waals surface area contributed by atoms with Gasteiger partial charge in [-0.2, -0.15) is 0 Å². The Hall–Kier alpha value is -2.90. The lowest BCUT2D eigenvalue weighted by Crippen LogP contribution is -2.11. The number of hydrogen-bond donors (Lipinski definition) is 1. The zero-order chi connectivity index (χ0) is 21.5. The van der Waals surface area contributed by atoms with Crippen molar-refractivity contribution in [2.24, 2.45) is 0 Å². The Morgan fingerprint density at radius 1 is 1.06 bits per heavy atom. The van der Waals surface area contributed by atoms with Gasteiger partial charge in [0.05, 0.1) is 6.61 Å². The Kier molecular flexibility index (Phi) is 7.17. The fraction of sp³-hybridized carbons (Fsp3) is 0.208. The van der Waals surface area contributed by atoms with Gasteiger partial charge in [0.1, 0.15) is 5.75 Å². The fourth-order valence-electron chi connectivity index (χ4n) is 3.11. The Balaban J connectivity index is 1.37. The zero-order valence-corrected chi connectivity index (χ0v) is 18.8. The van der Waals surface area contributed by atoms with E-state index in [9.17, 15) is 4.79 Å². The summed E-state index contributed by atoms with van der Waals surface area (Å²) in [6, 6.07) is 21.9. The molecule has 7 heteroatoms. The normalized spacial score (nSPS) is 10.9. The van der Waals surface area contributed by atoms with Gasteiger partial charge < -0.3 is 4.74 Å². The molecule has 31 heavy (non-hydrogen) atoms. The lowest BCUT2D eigenvalue weighted by atomic mass is 10.1. The molecule has 0 aliphatic rings. The molecule has 158 valence electrons. The summed E-state index contributed by atoms with van der Waals surface area (Å²) in [6.07, 6.45) is 2.05. The van der Waals surface area contributed by atoms with Gasteiger partial charge in [0.25, 0.3) is 5.91 Å². The number of nitrogens with one attached hydrogen (secondary N) is 1. The van der Waals surface area contributed by atoms with Crippen LogP contribution in [0.25, 0.3) is 10.8 Å². The maximum absolute atomic E-state index is 12.6. The van der Waals surface area contributed by atoms with E-state index in [1.54, 1.807) is 23.9 Å². The third-order valence-corrected chi connectivity index (χ3v) is 6.74. The van der Waals surface area contributed by atoms with Crippen LogP contribution in [0.3, 0.4) is 0 Å². The molecule has 0 fully saturated rings. The van der Waals surface area contributed by atoms with Crippen LogP contribution in [0.15, 0.2) is 71.1 Å². The number of aromatic nitrogens is 2. The van der Waals surface area contributed by atoms with Crippen LogP contribution in [0.2, 0.25) is 0 Å². The summed E-state index contributed by atoms with van der Waals surface area (Å²) in [5, 5.41) is 14.1. The van der Waals surface area contributed by atoms with E-state index >= 15 is 0 Å². The first-order chi connectivity index (χ1) is 15.2. The van der Waals surface area contributed by atoms with Crippen LogP contribution in [-0.2, 0) is 5.75 Å². The molecular formula is C24H23N3O2S2. The molecule has 4 rings (SSSR count). The van der Waals surface area contributed by atoms with Gasteiger partial charge in [-0.3, -0.25) is 10.1 Å². The van der Waals surface area contributed by atoms with Crippen molar-refractivity contribution in [3.8, 4) is 5.75 Å². The molecule has 0 bridgehead atoms. The van der Waals surface area contributed by atoms with Gasteiger partial charge in [-0.25, -0.2) is 0 Å². The topological polar surface area (TPSA) is 64.1 Å². The minimum Gasteiger partial charge on any atom is -0.494 e. The molecule has 1 amide bonds. The highest BCUT2D eigenvalue weighted by Gasteiger charge is 2.12. The van der Waals surface area contributed by atoms with Crippen molar-refractivity contribution >= 4 is 44.9 Å². The second-order valence-electron chi connectivity index (χ2n) is 6.98. The predicted octanol–water partition coefficient (Wildman–Crippen LogP) is 6.41. The first-order valence-electron chi connectivity index (χ1n) is 10.2. The number of unbranched alkanes of at least 4 members (excludes halogenated alkanes) is 1. The second-order valence-corrected chi connectivity index (χ2v) is 9.18. The summed E-state index contributed by atoms with van der Waals surface area (Å²) in [7, 11) is 0. The summed E-state index contributed by atoms with van der Waals surface area (Å²) in [4.78, 5) is 12.6. The monoisotopic (exact) mass is 449 g/mol. The van der Waals surface area contributed by atoms with Crippen LogP contribution in [0, 0.1) is 0 Å². The smallest absolute Gasteiger partial charge is 0.257 e. The van der Waals surface area contributed by atoms with Crippen LogP contribution in [0.4, 0.5) is 5.13 Å². The van der Waals surface area contributed by atoms with Crippen LogP contribution in [0.5, 0.6) is 5.75 Å². The number of hydrogen-bond acceptors (Lipinski definition) is 6. The Bertz CT molecular complexity index is 1170. The average Bonchev–Trinajstić information content (AvgIpc) is 3.25. The fourth-order valence-corrected chi connectivity index (χ4v) is 4.86. The molecule has 0 atom stereocenters. The van der Waals surface area contributed by atoms with Gasteiger partial charge in [-0.05, 0) is 41.0 Å². The Morgan fingerprint density at radius 3 is 2.81 bits per heavy atom. The van der Waals surface area contributed by atoms with Gasteiger partial charge in [-0.15, -0.1) is 10.2 Å². The molecular weight excluding hydrogens is 426 g/mol. The summed E-state index contributed by atoms with van der Waals surface area (Å²) in [5.41, 5.74) is 1.79. The van der Waals surface area contributed by atoms with Crippen LogP contribution in [0.1, 0.15) is 35.7 Å². The first kappa shape index (κ1) is 21.3. The van der Waals surface area contributed by atoms with E-state index in [4.69, 9.17) is 4.74 Å². The summed E-state index contributed by atoms with van der Waals surface area (Å²) < 4.78 is 6.51. The third kappa shape index (κ3) is 5.62. The van der Waals surface area contributed by atoms with E-state index in [-0.39, 0.29) is 5.91 Å². The molecule has 1 aromatic heterocycles.